The Hall–Kier alpha value is -1.95. The molecule has 19 heavy (non-hydrogen) atoms. The third-order valence-electron chi connectivity index (χ3n) is 2.37. The zero-order valence-corrected chi connectivity index (χ0v) is 11.7. The van der Waals surface area contributed by atoms with E-state index in [2.05, 4.69) is 25.9 Å². The van der Waals surface area contributed by atoms with Gasteiger partial charge >= 0.3 is 5.97 Å². The van der Waals surface area contributed by atoms with Crippen LogP contribution in [-0.2, 0) is 6.42 Å². The summed E-state index contributed by atoms with van der Waals surface area (Å²) in [7, 11) is 0. The predicted octanol–water partition coefficient (Wildman–Crippen LogP) is 3.29. The van der Waals surface area contributed by atoms with Crippen molar-refractivity contribution >= 4 is 21.9 Å². The van der Waals surface area contributed by atoms with Crippen molar-refractivity contribution in [2.24, 2.45) is 0 Å². The van der Waals surface area contributed by atoms with Gasteiger partial charge in [-0.25, -0.2) is 9.78 Å². The van der Waals surface area contributed by atoms with Crippen LogP contribution < -0.4 is 4.74 Å². The van der Waals surface area contributed by atoms with E-state index in [1.807, 2.05) is 6.92 Å². The third-order valence-corrected chi connectivity index (χ3v) is 2.80. The molecule has 0 unspecified atom stereocenters. The van der Waals surface area contributed by atoms with Crippen molar-refractivity contribution in [2.45, 2.75) is 13.3 Å². The molecular formula is C13H11BrN2O3. The number of pyridine rings is 2. The lowest BCUT2D eigenvalue weighted by molar-refractivity contribution is 0.0696. The van der Waals surface area contributed by atoms with Gasteiger partial charge in [0, 0.05) is 22.4 Å². The van der Waals surface area contributed by atoms with Crippen LogP contribution in [0.15, 0.2) is 35.1 Å². The number of rotatable bonds is 4. The Morgan fingerprint density at radius 3 is 2.79 bits per heavy atom. The van der Waals surface area contributed by atoms with E-state index >= 15 is 0 Å². The van der Waals surface area contributed by atoms with Gasteiger partial charge in [0.15, 0.2) is 0 Å². The standard InChI is InChI=1S/C13H11BrN2O3/c1-2-10-3-8(13(17)18)4-12(16-10)19-11-5-9(14)6-15-7-11/h3-7H,2H2,1H3,(H,17,18). The van der Waals surface area contributed by atoms with E-state index in [0.717, 1.165) is 4.47 Å². The molecule has 0 bridgehead atoms. The lowest BCUT2D eigenvalue weighted by Gasteiger charge is -2.07. The zero-order valence-electron chi connectivity index (χ0n) is 10.1. The molecule has 0 aliphatic carbocycles. The Labute approximate surface area is 118 Å². The Morgan fingerprint density at radius 1 is 1.37 bits per heavy atom. The quantitative estimate of drug-likeness (QED) is 0.935. The molecule has 0 amide bonds. The minimum atomic E-state index is -1.01. The number of carbonyl (C=O) groups is 1. The van der Waals surface area contributed by atoms with Gasteiger partial charge in [0.05, 0.1) is 11.8 Å². The number of aromatic nitrogens is 2. The molecule has 1 N–H and O–H groups in total. The van der Waals surface area contributed by atoms with Gasteiger partial charge in [0.2, 0.25) is 5.88 Å². The number of ether oxygens (including phenoxy) is 1. The van der Waals surface area contributed by atoms with Crippen LogP contribution in [-0.4, -0.2) is 21.0 Å². The Morgan fingerprint density at radius 2 is 2.16 bits per heavy atom. The first-order chi connectivity index (χ1) is 9.08. The van der Waals surface area contributed by atoms with Gasteiger partial charge in [-0.2, -0.15) is 0 Å². The Balaban J connectivity index is 2.34. The normalized spacial score (nSPS) is 10.2. The molecule has 2 aromatic heterocycles. The van der Waals surface area contributed by atoms with Crippen LogP contribution in [0.25, 0.3) is 0 Å². The van der Waals surface area contributed by atoms with Gasteiger partial charge in [0.25, 0.3) is 0 Å². The van der Waals surface area contributed by atoms with Crippen LogP contribution in [0.1, 0.15) is 23.0 Å². The first-order valence-corrected chi connectivity index (χ1v) is 6.40. The molecule has 0 atom stereocenters. The van der Waals surface area contributed by atoms with Crippen molar-refractivity contribution < 1.29 is 14.6 Å². The fourth-order valence-corrected chi connectivity index (χ4v) is 1.83. The van der Waals surface area contributed by atoms with Crippen LogP contribution in [0.2, 0.25) is 0 Å². The average Bonchev–Trinajstić information content (AvgIpc) is 2.38. The largest absolute Gasteiger partial charge is 0.478 e. The third kappa shape index (κ3) is 3.51. The number of halogens is 1. The minimum Gasteiger partial charge on any atom is -0.478 e. The maximum atomic E-state index is 11.0. The molecule has 2 rings (SSSR count). The van der Waals surface area contributed by atoms with Crippen LogP contribution in [0.3, 0.4) is 0 Å². The summed E-state index contributed by atoms with van der Waals surface area (Å²) >= 11 is 3.28. The Kier molecular flexibility index (Phi) is 4.11. The van der Waals surface area contributed by atoms with E-state index in [9.17, 15) is 4.79 Å². The maximum absolute atomic E-state index is 11.0. The van der Waals surface area contributed by atoms with Crippen molar-refractivity contribution in [1.82, 2.24) is 9.97 Å². The number of nitrogens with zero attached hydrogens (tertiary/aromatic N) is 2. The molecule has 6 heteroatoms. The van der Waals surface area contributed by atoms with Crippen LogP contribution in [0.4, 0.5) is 0 Å². The molecule has 5 nitrogen and oxygen atoms in total. The summed E-state index contributed by atoms with van der Waals surface area (Å²) < 4.78 is 6.30. The maximum Gasteiger partial charge on any atom is 0.335 e. The molecule has 0 radical (unpaired) electrons. The van der Waals surface area contributed by atoms with Crippen molar-refractivity contribution in [3.05, 3.63) is 46.3 Å². The SMILES string of the molecule is CCc1cc(C(=O)O)cc(Oc2cncc(Br)c2)n1. The van der Waals surface area contributed by atoms with Gasteiger partial charge in [-0.15, -0.1) is 0 Å². The van der Waals surface area contributed by atoms with Crippen LogP contribution >= 0.6 is 15.9 Å². The van der Waals surface area contributed by atoms with E-state index in [1.54, 1.807) is 12.3 Å². The van der Waals surface area contributed by atoms with E-state index in [-0.39, 0.29) is 11.4 Å². The lowest BCUT2D eigenvalue weighted by atomic mass is 10.2. The molecule has 2 aromatic rings. The second kappa shape index (κ2) is 5.79. The number of carboxylic acids is 1. The predicted molar refractivity (Wildman–Crippen MR) is 72.6 cm³/mol. The summed E-state index contributed by atoms with van der Waals surface area (Å²) in [5.41, 5.74) is 0.822. The highest BCUT2D eigenvalue weighted by molar-refractivity contribution is 9.10. The number of hydrogen-bond donors (Lipinski definition) is 1. The smallest absolute Gasteiger partial charge is 0.335 e. The van der Waals surface area contributed by atoms with E-state index in [0.29, 0.717) is 17.9 Å². The molecule has 2 heterocycles. The summed E-state index contributed by atoms with van der Waals surface area (Å²) in [6.07, 6.45) is 3.80. The van der Waals surface area contributed by atoms with Gasteiger partial charge in [-0.05, 0) is 34.5 Å². The van der Waals surface area contributed by atoms with Gasteiger partial charge in [-0.1, -0.05) is 6.92 Å². The van der Waals surface area contributed by atoms with E-state index in [4.69, 9.17) is 9.84 Å². The van der Waals surface area contributed by atoms with Crippen molar-refractivity contribution in [1.29, 1.82) is 0 Å². The number of carboxylic acid groups (broad SMARTS) is 1. The second-order valence-corrected chi connectivity index (χ2v) is 4.70. The summed E-state index contributed by atoms with van der Waals surface area (Å²) in [5, 5.41) is 9.04. The van der Waals surface area contributed by atoms with Crippen molar-refractivity contribution in [2.75, 3.05) is 0 Å². The fourth-order valence-electron chi connectivity index (χ4n) is 1.49. The van der Waals surface area contributed by atoms with Gasteiger partial charge in [-0.3, -0.25) is 4.98 Å². The minimum absolute atomic E-state index is 0.157. The van der Waals surface area contributed by atoms with E-state index < -0.39 is 5.97 Å². The molecular weight excluding hydrogens is 312 g/mol. The second-order valence-electron chi connectivity index (χ2n) is 3.79. The average molecular weight is 323 g/mol. The lowest BCUT2D eigenvalue weighted by Crippen LogP contribution is -2.01. The zero-order chi connectivity index (χ0) is 13.8. The molecule has 0 aromatic carbocycles. The van der Waals surface area contributed by atoms with Gasteiger partial charge < -0.3 is 9.84 Å². The summed E-state index contributed by atoms with van der Waals surface area (Å²) in [4.78, 5) is 19.2. The highest BCUT2D eigenvalue weighted by Gasteiger charge is 2.09. The molecule has 0 saturated heterocycles. The number of aryl methyl sites for hydroxylation is 1. The van der Waals surface area contributed by atoms with Crippen molar-refractivity contribution in [3.8, 4) is 11.6 Å². The van der Waals surface area contributed by atoms with E-state index in [1.165, 1.54) is 18.3 Å². The topological polar surface area (TPSA) is 72.3 Å². The molecule has 0 aliphatic rings. The first kappa shape index (κ1) is 13.5. The molecule has 0 fully saturated rings. The molecule has 98 valence electrons. The monoisotopic (exact) mass is 322 g/mol. The van der Waals surface area contributed by atoms with Crippen LogP contribution in [0, 0.1) is 0 Å². The van der Waals surface area contributed by atoms with Crippen LogP contribution in [0.5, 0.6) is 11.6 Å². The fraction of sp³-hybridized carbons (Fsp3) is 0.154. The summed E-state index contributed by atoms with van der Waals surface area (Å²) in [6.45, 7) is 1.90. The van der Waals surface area contributed by atoms with Crippen molar-refractivity contribution in [3.63, 3.8) is 0 Å². The number of hydrogen-bond acceptors (Lipinski definition) is 4. The molecule has 0 saturated carbocycles. The highest BCUT2D eigenvalue weighted by Crippen LogP contribution is 2.23. The summed E-state index contributed by atoms with van der Waals surface area (Å²) in [6, 6.07) is 4.66. The molecule has 0 spiro atoms. The highest BCUT2D eigenvalue weighted by atomic mass is 79.9. The summed E-state index contributed by atoms with van der Waals surface area (Å²) in [5.74, 6) is -0.266. The first-order valence-electron chi connectivity index (χ1n) is 5.61. The molecule has 0 aliphatic heterocycles. The number of aromatic carboxylic acids is 1. The van der Waals surface area contributed by atoms with Gasteiger partial charge in [0.1, 0.15) is 5.75 Å². The Bertz CT molecular complexity index is 617.